The molecule has 0 bridgehead atoms. The standard InChI is InChI=1S/C19H26N2O/c1-20-8-10-21(11-9-20)13-18(22)19-16-6-2-4-14(16)12-15-5-3-7-17(15)19/h12H,2-11,13H2,1H3. The van der Waals surface area contributed by atoms with Crippen molar-refractivity contribution in [2.75, 3.05) is 39.8 Å². The van der Waals surface area contributed by atoms with Crippen LogP contribution < -0.4 is 0 Å². The molecule has 0 saturated carbocycles. The Morgan fingerprint density at radius 3 is 2.14 bits per heavy atom. The number of benzene rings is 1. The topological polar surface area (TPSA) is 23.6 Å². The van der Waals surface area contributed by atoms with E-state index in [0.717, 1.165) is 44.6 Å². The van der Waals surface area contributed by atoms with Gasteiger partial charge in [-0.3, -0.25) is 9.69 Å². The normalized spacial score (nSPS) is 21.9. The summed E-state index contributed by atoms with van der Waals surface area (Å²) in [6.07, 6.45) is 7.05. The molecule has 118 valence electrons. The summed E-state index contributed by atoms with van der Waals surface area (Å²) in [5, 5.41) is 0. The predicted octanol–water partition coefficient (Wildman–Crippen LogP) is 2.09. The molecule has 0 amide bonds. The van der Waals surface area contributed by atoms with Crippen LogP contribution in [0.15, 0.2) is 6.07 Å². The number of hydrogen-bond acceptors (Lipinski definition) is 3. The van der Waals surface area contributed by atoms with E-state index in [4.69, 9.17) is 0 Å². The van der Waals surface area contributed by atoms with E-state index < -0.39 is 0 Å². The van der Waals surface area contributed by atoms with E-state index in [1.54, 1.807) is 0 Å². The van der Waals surface area contributed by atoms with Crippen molar-refractivity contribution in [1.29, 1.82) is 0 Å². The smallest absolute Gasteiger partial charge is 0.177 e. The minimum atomic E-state index is 0.390. The van der Waals surface area contributed by atoms with Gasteiger partial charge in [0.15, 0.2) is 5.78 Å². The number of likely N-dealkylation sites (N-methyl/N-ethyl adjacent to an activating group) is 1. The van der Waals surface area contributed by atoms with Crippen LogP contribution >= 0.6 is 0 Å². The summed E-state index contributed by atoms with van der Waals surface area (Å²) in [5.74, 6) is 0.390. The Bertz CT molecular complexity index is 568. The van der Waals surface area contributed by atoms with Gasteiger partial charge >= 0.3 is 0 Å². The molecule has 1 heterocycles. The van der Waals surface area contributed by atoms with Gasteiger partial charge in [-0.05, 0) is 67.8 Å². The summed E-state index contributed by atoms with van der Waals surface area (Å²) < 4.78 is 0. The molecule has 0 spiro atoms. The third-order valence-corrected chi connectivity index (χ3v) is 5.71. The van der Waals surface area contributed by atoms with Crippen molar-refractivity contribution in [2.24, 2.45) is 0 Å². The van der Waals surface area contributed by atoms with Crippen molar-refractivity contribution in [1.82, 2.24) is 9.80 Å². The molecule has 1 fully saturated rings. The van der Waals surface area contributed by atoms with Crippen molar-refractivity contribution in [3.8, 4) is 0 Å². The SMILES string of the molecule is CN1CCN(CC(=O)c2c3c(cc4c2CCC4)CCC3)CC1. The number of ketones is 1. The highest BCUT2D eigenvalue weighted by molar-refractivity contribution is 6.01. The number of Topliss-reactive ketones (excluding diaryl/α,β-unsaturated/α-hetero) is 1. The Labute approximate surface area is 133 Å². The van der Waals surface area contributed by atoms with E-state index >= 15 is 0 Å². The van der Waals surface area contributed by atoms with Crippen LogP contribution in [0.3, 0.4) is 0 Å². The van der Waals surface area contributed by atoms with Gasteiger partial charge in [-0.15, -0.1) is 0 Å². The number of nitrogens with zero attached hydrogens (tertiary/aromatic N) is 2. The fraction of sp³-hybridized carbons (Fsp3) is 0.632. The zero-order valence-electron chi connectivity index (χ0n) is 13.7. The third-order valence-electron chi connectivity index (χ3n) is 5.71. The number of carbonyl (C=O) groups is 1. The number of rotatable bonds is 3. The number of piperazine rings is 1. The van der Waals surface area contributed by atoms with E-state index in [1.165, 1.54) is 47.9 Å². The second-order valence-corrected chi connectivity index (χ2v) is 7.24. The van der Waals surface area contributed by atoms with Gasteiger partial charge in [0.05, 0.1) is 6.54 Å². The number of aryl methyl sites for hydroxylation is 2. The van der Waals surface area contributed by atoms with Gasteiger partial charge in [0.2, 0.25) is 0 Å². The molecule has 0 unspecified atom stereocenters. The van der Waals surface area contributed by atoms with E-state index in [9.17, 15) is 4.79 Å². The molecule has 3 aliphatic rings. The minimum Gasteiger partial charge on any atom is -0.304 e. The molecule has 3 nitrogen and oxygen atoms in total. The van der Waals surface area contributed by atoms with Gasteiger partial charge in [0.1, 0.15) is 0 Å². The van der Waals surface area contributed by atoms with Gasteiger partial charge in [0.25, 0.3) is 0 Å². The van der Waals surface area contributed by atoms with Gasteiger partial charge in [0, 0.05) is 31.7 Å². The van der Waals surface area contributed by atoms with Gasteiger partial charge in [-0.25, -0.2) is 0 Å². The molecule has 4 rings (SSSR count). The molecule has 0 radical (unpaired) electrons. The average molecular weight is 298 g/mol. The first-order chi connectivity index (χ1) is 10.7. The first-order valence-corrected chi connectivity index (χ1v) is 8.83. The molecule has 22 heavy (non-hydrogen) atoms. The third kappa shape index (κ3) is 2.50. The van der Waals surface area contributed by atoms with E-state index in [0.29, 0.717) is 12.3 Å². The molecule has 1 aliphatic heterocycles. The zero-order valence-corrected chi connectivity index (χ0v) is 13.7. The van der Waals surface area contributed by atoms with Crippen LogP contribution in [-0.2, 0) is 25.7 Å². The van der Waals surface area contributed by atoms with Crippen LogP contribution in [0.25, 0.3) is 0 Å². The lowest BCUT2D eigenvalue weighted by Gasteiger charge is -2.32. The summed E-state index contributed by atoms with van der Waals surface area (Å²) >= 11 is 0. The van der Waals surface area contributed by atoms with Crippen molar-refractivity contribution in [3.63, 3.8) is 0 Å². The largest absolute Gasteiger partial charge is 0.304 e. The Balaban J connectivity index is 1.60. The van der Waals surface area contributed by atoms with Crippen LogP contribution in [0, 0.1) is 0 Å². The summed E-state index contributed by atoms with van der Waals surface area (Å²) in [6.45, 7) is 4.84. The van der Waals surface area contributed by atoms with E-state index in [2.05, 4.69) is 22.9 Å². The molecule has 2 aliphatic carbocycles. The van der Waals surface area contributed by atoms with Gasteiger partial charge in [-0.2, -0.15) is 0 Å². The Morgan fingerprint density at radius 1 is 0.955 bits per heavy atom. The van der Waals surface area contributed by atoms with Crippen molar-refractivity contribution < 1.29 is 4.79 Å². The monoisotopic (exact) mass is 298 g/mol. The molecular formula is C19H26N2O. The lowest BCUT2D eigenvalue weighted by Crippen LogP contribution is -2.46. The van der Waals surface area contributed by atoms with E-state index in [-0.39, 0.29) is 0 Å². The highest BCUT2D eigenvalue weighted by Gasteiger charge is 2.28. The number of hydrogen-bond donors (Lipinski definition) is 0. The van der Waals surface area contributed by atoms with Crippen molar-refractivity contribution in [2.45, 2.75) is 38.5 Å². The van der Waals surface area contributed by atoms with Crippen LogP contribution in [0.2, 0.25) is 0 Å². The van der Waals surface area contributed by atoms with Crippen LogP contribution in [-0.4, -0.2) is 55.4 Å². The molecule has 0 aromatic heterocycles. The molecular weight excluding hydrogens is 272 g/mol. The first kappa shape index (κ1) is 14.4. The summed E-state index contributed by atoms with van der Waals surface area (Å²) in [7, 11) is 2.16. The van der Waals surface area contributed by atoms with Crippen LogP contribution in [0.1, 0.15) is 45.5 Å². The molecule has 1 aromatic carbocycles. The Morgan fingerprint density at radius 2 is 1.55 bits per heavy atom. The highest BCUT2D eigenvalue weighted by atomic mass is 16.1. The number of fused-ring (bicyclic) bond motifs is 2. The quantitative estimate of drug-likeness (QED) is 0.799. The summed E-state index contributed by atoms with van der Waals surface area (Å²) in [5.41, 5.74) is 6.89. The lowest BCUT2D eigenvalue weighted by atomic mass is 9.91. The van der Waals surface area contributed by atoms with Crippen molar-refractivity contribution >= 4 is 5.78 Å². The van der Waals surface area contributed by atoms with Crippen LogP contribution in [0.4, 0.5) is 0 Å². The lowest BCUT2D eigenvalue weighted by molar-refractivity contribution is 0.0874. The maximum Gasteiger partial charge on any atom is 0.177 e. The molecule has 3 heteroatoms. The minimum absolute atomic E-state index is 0.390. The highest BCUT2D eigenvalue weighted by Crippen LogP contribution is 2.35. The molecule has 0 atom stereocenters. The summed E-state index contributed by atoms with van der Waals surface area (Å²) in [6, 6.07) is 2.41. The maximum absolute atomic E-state index is 13.1. The van der Waals surface area contributed by atoms with Crippen molar-refractivity contribution in [3.05, 3.63) is 33.9 Å². The second-order valence-electron chi connectivity index (χ2n) is 7.24. The fourth-order valence-corrected chi connectivity index (χ4v) is 4.44. The first-order valence-electron chi connectivity index (χ1n) is 8.83. The maximum atomic E-state index is 13.1. The predicted molar refractivity (Wildman–Crippen MR) is 88.8 cm³/mol. The summed E-state index contributed by atoms with van der Waals surface area (Å²) in [4.78, 5) is 17.7. The Kier molecular flexibility index (Phi) is 3.79. The molecule has 1 aromatic rings. The molecule has 1 saturated heterocycles. The van der Waals surface area contributed by atoms with Gasteiger partial charge in [-0.1, -0.05) is 6.07 Å². The molecule has 0 N–H and O–H groups in total. The average Bonchev–Trinajstić information content (AvgIpc) is 3.15. The zero-order chi connectivity index (χ0) is 15.1. The van der Waals surface area contributed by atoms with Gasteiger partial charge < -0.3 is 4.90 Å². The van der Waals surface area contributed by atoms with Crippen LogP contribution in [0.5, 0.6) is 0 Å². The fourth-order valence-electron chi connectivity index (χ4n) is 4.44. The number of carbonyl (C=O) groups excluding carboxylic acids is 1. The second kappa shape index (κ2) is 5.78. The van der Waals surface area contributed by atoms with E-state index in [1.807, 2.05) is 0 Å². The Hall–Kier alpha value is -1.19.